The Morgan fingerprint density at radius 3 is 2.64 bits per heavy atom. The molecule has 0 saturated heterocycles. The van der Waals surface area contributed by atoms with Crippen molar-refractivity contribution >= 4 is 17.5 Å². The predicted octanol–water partition coefficient (Wildman–Crippen LogP) is 3.51. The zero-order chi connectivity index (χ0) is 17.8. The van der Waals surface area contributed by atoms with Gasteiger partial charge in [-0.05, 0) is 37.6 Å². The lowest BCUT2D eigenvalue weighted by Crippen LogP contribution is -2.32. The maximum Gasteiger partial charge on any atom is 0.274 e. The zero-order valence-electron chi connectivity index (χ0n) is 14.0. The lowest BCUT2D eigenvalue weighted by Gasteiger charge is -2.12. The first-order valence-corrected chi connectivity index (χ1v) is 8.41. The number of carbonyl (C=O) groups is 1. The van der Waals surface area contributed by atoms with Gasteiger partial charge in [0.05, 0.1) is 10.7 Å². The van der Waals surface area contributed by atoms with E-state index in [4.69, 9.17) is 11.6 Å². The average molecular weight is 356 g/mol. The summed E-state index contributed by atoms with van der Waals surface area (Å²) < 4.78 is 1.59. The van der Waals surface area contributed by atoms with E-state index in [-0.39, 0.29) is 17.6 Å². The van der Waals surface area contributed by atoms with Crippen LogP contribution in [0.25, 0.3) is 16.9 Å². The summed E-state index contributed by atoms with van der Waals surface area (Å²) in [7, 11) is 0. The SMILES string of the molecule is CC[C@H](C)NC(=O)c1nnn(-c2ccccc2Cl)c1-c1ccncc1. The van der Waals surface area contributed by atoms with E-state index < -0.39 is 0 Å². The highest BCUT2D eigenvalue weighted by atomic mass is 35.5. The molecule has 0 aliphatic heterocycles. The van der Waals surface area contributed by atoms with E-state index in [1.54, 1.807) is 23.1 Å². The van der Waals surface area contributed by atoms with Crippen molar-refractivity contribution in [3.05, 3.63) is 59.5 Å². The van der Waals surface area contributed by atoms with E-state index in [1.807, 2.05) is 44.2 Å². The van der Waals surface area contributed by atoms with Crippen molar-refractivity contribution in [2.24, 2.45) is 0 Å². The lowest BCUT2D eigenvalue weighted by molar-refractivity contribution is 0.0935. The predicted molar refractivity (Wildman–Crippen MR) is 96.8 cm³/mol. The third-order valence-corrected chi connectivity index (χ3v) is 4.23. The fourth-order valence-electron chi connectivity index (χ4n) is 2.39. The fourth-order valence-corrected chi connectivity index (χ4v) is 2.61. The first kappa shape index (κ1) is 17.1. The number of benzene rings is 1. The maximum absolute atomic E-state index is 12.7. The number of hydrogen-bond donors (Lipinski definition) is 1. The van der Waals surface area contributed by atoms with Crippen LogP contribution in [0.1, 0.15) is 30.8 Å². The Kier molecular flexibility index (Phi) is 5.09. The Bertz CT molecular complexity index is 878. The second-order valence-electron chi connectivity index (χ2n) is 5.67. The number of halogens is 1. The molecule has 0 aliphatic rings. The Balaban J connectivity index is 2.15. The number of amides is 1. The van der Waals surface area contributed by atoms with Crippen LogP contribution in [0.15, 0.2) is 48.8 Å². The van der Waals surface area contributed by atoms with Gasteiger partial charge in [0.25, 0.3) is 5.91 Å². The molecule has 0 bridgehead atoms. The second kappa shape index (κ2) is 7.44. The van der Waals surface area contributed by atoms with Gasteiger partial charge in [-0.15, -0.1) is 5.10 Å². The van der Waals surface area contributed by atoms with Crippen LogP contribution >= 0.6 is 11.6 Å². The summed E-state index contributed by atoms with van der Waals surface area (Å²) in [5.41, 5.74) is 2.28. The van der Waals surface area contributed by atoms with Gasteiger partial charge in [0.15, 0.2) is 5.69 Å². The summed E-state index contributed by atoms with van der Waals surface area (Å²) >= 11 is 6.31. The third-order valence-electron chi connectivity index (χ3n) is 3.91. The minimum absolute atomic E-state index is 0.0447. The van der Waals surface area contributed by atoms with E-state index >= 15 is 0 Å². The Morgan fingerprint density at radius 1 is 1.24 bits per heavy atom. The molecule has 25 heavy (non-hydrogen) atoms. The quantitative estimate of drug-likeness (QED) is 0.760. The summed E-state index contributed by atoms with van der Waals surface area (Å²) in [6.45, 7) is 3.96. The van der Waals surface area contributed by atoms with Crippen molar-refractivity contribution in [1.29, 1.82) is 0 Å². The van der Waals surface area contributed by atoms with Crippen LogP contribution in [0.5, 0.6) is 0 Å². The molecule has 1 aromatic carbocycles. The number of hydrogen-bond acceptors (Lipinski definition) is 4. The van der Waals surface area contributed by atoms with Crippen LogP contribution in [0, 0.1) is 0 Å². The number of aromatic nitrogens is 4. The van der Waals surface area contributed by atoms with Gasteiger partial charge in [0.1, 0.15) is 5.69 Å². The van der Waals surface area contributed by atoms with Gasteiger partial charge < -0.3 is 5.32 Å². The minimum Gasteiger partial charge on any atom is -0.348 e. The van der Waals surface area contributed by atoms with Gasteiger partial charge >= 0.3 is 0 Å². The molecule has 2 heterocycles. The molecule has 0 unspecified atom stereocenters. The van der Waals surface area contributed by atoms with E-state index in [1.165, 1.54) is 0 Å². The van der Waals surface area contributed by atoms with Crippen molar-refractivity contribution < 1.29 is 4.79 Å². The molecule has 7 heteroatoms. The zero-order valence-corrected chi connectivity index (χ0v) is 14.7. The molecule has 0 aliphatic carbocycles. The van der Waals surface area contributed by atoms with Crippen molar-refractivity contribution in [1.82, 2.24) is 25.3 Å². The molecule has 1 atom stereocenters. The molecule has 0 fully saturated rings. The van der Waals surface area contributed by atoms with E-state index in [9.17, 15) is 4.79 Å². The summed E-state index contributed by atoms with van der Waals surface area (Å²) in [5.74, 6) is -0.264. The van der Waals surface area contributed by atoms with Crippen LogP contribution in [0.4, 0.5) is 0 Å². The standard InChI is InChI=1S/C18H18ClN5O/c1-3-12(2)21-18(25)16-17(13-8-10-20-11-9-13)24(23-22-16)15-7-5-4-6-14(15)19/h4-12H,3H2,1-2H3,(H,21,25)/t12-/m0/s1. The van der Waals surface area contributed by atoms with Crippen LogP contribution in [0.3, 0.4) is 0 Å². The lowest BCUT2D eigenvalue weighted by atomic mass is 10.1. The number of rotatable bonds is 5. The third kappa shape index (κ3) is 3.53. The van der Waals surface area contributed by atoms with E-state index in [0.717, 1.165) is 12.0 Å². The van der Waals surface area contributed by atoms with Gasteiger partial charge in [0.2, 0.25) is 0 Å². The molecule has 3 aromatic rings. The summed E-state index contributed by atoms with van der Waals surface area (Å²) in [4.78, 5) is 16.7. The molecule has 0 spiro atoms. The van der Waals surface area contributed by atoms with Crippen molar-refractivity contribution in [2.45, 2.75) is 26.3 Å². The molecule has 2 aromatic heterocycles. The Hall–Kier alpha value is -2.73. The normalized spacial score (nSPS) is 12.0. The molecule has 128 valence electrons. The molecule has 1 N–H and O–H groups in total. The van der Waals surface area contributed by atoms with Gasteiger partial charge in [-0.25, -0.2) is 4.68 Å². The maximum atomic E-state index is 12.7. The van der Waals surface area contributed by atoms with Gasteiger partial charge in [-0.2, -0.15) is 0 Å². The largest absolute Gasteiger partial charge is 0.348 e. The topological polar surface area (TPSA) is 72.7 Å². The van der Waals surface area contributed by atoms with E-state index in [0.29, 0.717) is 16.4 Å². The summed E-state index contributed by atoms with van der Waals surface area (Å²) in [5, 5.41) is 11.8. The number of nitrogens with one attached hydrogen (secondary N) is 1. The van der Waals surface area contributed by atoms with E-state index in [2.05, 4.69) is 20.6 Å². The first-order chi connectivity index (χ1) is 12.1. The average Bonchev–Trinajstić information content (AvgIpc) is 3.07. The molecule has 1 amide bonds. The van der Waals surface area contributed by atoms with Gasteiger partial charge in [-0.1, -0.05) is 35.9 Å². The minimum atomic E-state index is -0.264. The number of carbonyl (C=O) groups excluding carboxylic acids is 1. The Morgan fingerprint density at radius 2 is 1.96 bits per heavy atom. The Labute approximate surface area is 150 Å². The van der Waals surface area contributed by atoms with Crippen molar-refractivity contribution in [3.8, 4) is 16.9 Å². The molecular weight excluding hydrogens is 338 g/mol. The highest BCUT2D eigenvalue weighted by molar-refractivity contribution is 6.32. The first-order valence-electron chi connectivity index (χ1n) is 8.03. The van der Waals surface area contributed by atoms with Crippen LogP contribution in [0.2, 0.25) is 5.02 Å². The van der Waals surface area contributed by atoms with Gasteiger partial charge in [-0.3, -0.25) is 9.78 Å². The van der Waals surface area contributed by atoms with Crippen LogP contribution in [-0.2, 0) is 0 Å². The molecule has 0 radical (unpaired) electrons. The smallest absolute Gasteiger partial charge is 0.274 e. The highest BCUT2D eigenvalue weighted by Gasteiger charge is 2.23. The number of pyridine rings is 1. The number of nitrogens with zero attached hydrogens (tertiary/aromatic N) is 4. The molecular formula is C18H18ClN5O. The highest BCUT2D eigenvalue weighted by Crippen LogP contribution is 2.28. The second-order valence-corrected chi connectivity index (χ2v) is 6.08. The summed E-state index contributed by atoms with van der Waals surface area (Å²) in [6, 6.07) is 11.0. The fraction of sp³-hybridized carbons (Fsp3) is 0.222. The molecule has 0 saturated carbocycles. The van der Waals surface area contributed by atoms with Crippen molar-refractivity contribution in [2.75, 3.05) is 0 Å². The monoisotopic (exact) mass is 355 g/mol. The van der Waals surface area contributed by atoms with Crippen LogP contribution in [-0.4, -0.2) is 31.9 Å². The van der Waals surface area contributed by atoms with Crippen LogP contribution < -0.4 is 5.32 Å². The summed E-state index contributed by atoms with van der Waals surface area (Å²) in [6.07, 6.45) is 4.15. The molecule has 6 nitrogen and oxygen atoms in total. The number of para-hydroxylation sites is 1. The molecule has 3 rings (SSSR count). The van der Waals surface area contributed by atoms with Gasteiger partial charge in [0, 0.05) is 24.0 Å². The van der Waals surface area contributed by atoms with Crippen molar-refractivity contribution in [3.63, 3.8) is 0 Å².